The molecule has 0 radical (unpaired) electrons. The fourth-order valence-corrected chi connectivity index (χ4v) is 3.32. The summed E-state index contributed by atoms with van der Waals surface area (Å²) in [6.45, 7) is 3.80. The molecule has 0 saturated carbocycles. The second kappa shape index (κ2) is 7.06. The van der Waals surface area contributed by atoms with Gasteiger partial charge in [0.05, 0.1) is 5.75 Å². The lowest BCUT2D eigenvalue weighted by atomic mass is 10.1. The first kappa shape index (κ1) is 16.9. The highest BCUT2D eigenvalue weighted by molar-refractivity contribution is 7.89. The number of hydrogen-bond acceptors (Lipinski definition) is 3. The van der Waals surface area contributed by atoms with Crippen molar-refractivity contribution >= 4 is 27.6 Å². The monoisotopic (exact) mass is 319 g/mol. The number of rotatable bonds is 7. The van der Waals surface area contributed by atoms with Gasteiger partial charge in [-0.25, -0.2) is 8.42 Å². The first-order chi connectivity index (χ1) is 9.23. The quantitative estimate of drug-likeness (QED) is 0.808. The van der Waals surface area contributed by atoms with E-state index in [2.05, 4.69) is 4.72 Å². The van der Waals surface area contributed by atoms with Gasteiger partial charge in [0.25, 0.3) is 0 Å². The predicted molar refractivity (Wildman–Crippen MR) is 78.2 cm³/mol. The molecule has 20 heavy (non-hydrogen) atoms. The fraction of sp³-hybridized carbons (Fsp3) is 0.462. The summed E-state index contributed by atoms with van der Waals surface area (Å²) in [5, 5.41) is 9.42. The Morgan fingerprint density at radius 2 is 1.95 bits per heavy atom. The van der Waals surface area contributed by atoms with Crippen LogP contribution in [0.5, 0.6) is 0 Å². The average molecular weight is 320 g/mol. The fourth-order valence-electron chi connectivity index (χ4n) is 1.59. The van der Waals surface area contributed by atoms with Crippen LogP contribution in [-0.4, -0.2) is 25.2 Å². The van der Waals surface area contributed by atoms with Crippen molar-refractivity contribution < 1.29 is 18.3 Å². The normalized spacial score (nSPS) is 13.4. The highest BCUT2D eigenvalue weighted by atomic mass is 35.5. The minimum atomic E-state index is -3.68. The molecule has 1 aromatic rings. The summed E-state index contributed by atoms with van der Waals surface area (Å²) in [5.74, 6) is -1.18. The number of benzene rings is 1. The van der Waals surface area contributed by atoms with Crippen molar-refractivity contribution in [1.29, 1.82) is 0 Å². The van der Waals surface area contributed by atoms with E-state index in [1.807, 2.05) is 13.8 Å². The third kappa shape index (κ3) is 5.11. The van der Waals surface area contributed by atoms with Gasteiger partial charge in [0, 0.05) is 5.02 Å². The molecule has 0 saturated heterocycles. The van der Waals surface area contributed by atoms with Crippen molar-refractivity contribution in [2.75, 3.05) is 5.75 Å². The number of sulfonamides is 1. The summed E-state index contributed by atoms with van der Waals surface area (Å²) in [6, 6.07) is 4.90. The van der Waals surface area contributed by atoms with Crippen LogP contribution in [0.3, 0.4) is 0 Å². The van der Waals surface area contributed by atoms with Crippen LogP contribution in [0.15, 0.2) is 24.3 Å². The van der Waals surface area contributed by atoms with Crippen molar-refractivity contribution in [2.45, 2.75) is 26.3 Å². The van der Waals surface area contributed by atoms with Gasteiger partial charge < -0.3 is 5.11 Å². The first-order valence-electron chi connectivity index (χ1n) is 6.20. The molecule has 0 fully saturated rings. The Bertz CT molecular complexity index is 571. The van der Waals surface area contributed by atoms with Gasteiger partial charge in [-0.05, 0) is 24.0 Å². The van der Waals surface area contributed by atoms with Crippen LogP contribution in [0.25, 0.3) is 0 Å². The highest BCUT2D eigenvalue weighted by Gasteiger charge is 2.27. The minimum absolute atomic E-state index is 0.112. The maximum absolute atomic E-state index is 11.9. The van der Waals surface area contributed by atoms with Crippen molar-refractivity contribution in [1.82, 2.24) is 4.72 Å². The lowest BCUT2D eigenvalue weighted by molar-refractivity contribution is -0.139. The van der Waals surface area contributed by atoms with E-state index in [9.17, 15) is 18.3 Å². The van der Waals surface area contributed by atoms with E-state index >= 15 is 0 Å². The molecule has 7 heteroatoms. The van der Waals surface area contributed by atoms with Crippen LogP contribution >= 0.6 is 11.6 Å². The summed E-state index contributed by atoms with van der Waals surface area (Å²) in [5.41, 5.74) is 0.231. The molecule has 2 N–H and O–H groups in total. The van der Waals surface area contributed by atoms with Crippen LogP contribution in [0.4, 0.5) is 0 Å². The molecule has 112 valence electrons. The number of nitrogens with one attached hydrogen (secondary N) is 1. The third-order valence-electron chi connectivity index (χ3n) is 2.72. The van der Waals surface area contributed by atoms with E-state index in [1.54, 1.807) is 12.1 Å². The van der Waals surface area contributed by atoms with Crippen LogP contribution < -0.4 is 4.72 Å². The Balaban J connectivity index is 2.95. The predicted octanol–water partition coefficient (Wildman–Crippen LogP) is 2.43. The smallest absolute Gasteiger partial charge is 0.326 e. The molecule has 0 spiro atoms. The molecule has 1 atom stereocenters. The van der Waals surface area contributed by atoms with Crippen LogP contribution in [0, 0.1) is 5.92 Å². The van der Waals surface area contributed by atoms with Crippen molar-refractivity contribution in [3.63, 3.8) is 0 Å². The van der Waals surface area contributed by atoms with Gasteiger partial charge in [-0.3, -0.25) is 4.79 Å². The van der Waals surface area contributed by atoms with E-state index in [4.69, 9.17) is 11.6 Å². The van der Waals surface area contributed by atoms with Gasteiger partial charge in [-0.15, -0.1) is 0 Å². The molecule has 1 aromatic carbocycles. The molecule has 0 bridgehead atoms. The zero-order valence-corrected chi connectivity index (χ0v) is 12.9. The molecular formula is C13H18ClNO4S. The van der Waals surface area contributed by atoms with Gasteiger partial charge in [0.2, 0.25) is 10.0 Å². The molecular weight excluding hydrogens is 302 g/mol. The number of carboxylic acids is 1. The van der Waals surface area contributed by atoms with Crippen LogP contribution in [0.1, 0.15) is 31.9 Å². The third-order valence-corrected chi connectivity index (χ3v) is 4.44. The van der Waals surface area contributed by atoms with E-state index in [-0.39, 0.29) is 22.3 Å². The first-order valence-corrected chi connectivity index (χ1v) is 8.23. The van der Waals surface area contributed by atoms with E-state index in [0.717, 1.165) is 0 Å². The minimum Gasteiger partial charge on any atom is -0.480 e. The average Bonchev–Trinajstić information content (AvgIpc) is 2.34. The Kier molecular flexibility index (Phi) is 5.98. The van der Waals surface area contributed by atoms with Crippen LogP contribution in [-0.2, 0) is 14.8 Å². The van der Waals surface area contributed by atoms with Crippen LogP contribution in [0.2, 0.25) is 5.02 Å². The Labute approximate surface area is 124 Å². The zero-order chi connectivity index (χ0) is 15.3. The van der Waals surface area contributed by atoms with Gasteiger partial charge in [-0.2, -0.15) is 4.72 Å². The van der Waals surface area contributed by atoms with E-state index < -0.39 is 22.0 Å². The summed E-state index contributed by atoms with van der Waals surface area (Å²) in [4.78, 5) is 11.3. The standard InChI is InChI=1S/C13H18ClNO4S/c1-9(2)7-8-20(18,19)15-12(13(16)17)10-5-3-4-6-11(10)14/h3-6,9,12,15H,7-8H2,1-2H3,(H,16,17)/t12-/m1/s1. The second-order valence-electron chi connectivity index (χ2n) is 4.91. The molecule has 0 aliphatic carbocycles. The van der Waals surface area contributed by atoms with Crippen molar-refractivity contribution in [3.8, 4) is 0 Å². The highest BCUT2D eigenvalue weighted by Crippen LogP contribution is 2.23. The summed E-state index contributed by atoms with van der Waals surface area (Å²) < 4.78 is 26.0. The largest absolute Gasteiger partial charge is 0.480 e. The van der Waals surface area contributed by atoms with Gasteiger partial charge in [0.1, 0.15) is 6.04 Å². The molecule has 0 aromatic heterocycles. The Hall–Kier alpha value is -1.11. The van der Waals surface area contributed by atoms with E-state index in [0.29, 0.717) is 6.42 Å². The number of aliphatic carboxylic acids is 1. The summed E-state index contributed by atoms with van der Waals surface area (Å²) in [6.07, 6.45) is 0.462. The number of hydrogen-bond donors (Lipinski definition) is 2. The maximum Gasteiger partial charge on any atom is 0.326 e. The molecule has 0 aliphatic heterocycles. The van der Waals surface area contributed by atoms with Crippen molar-refractivity contribution in [3.05, 3.63) is 34.9 Å². The van der Waals surface area contributed by atoms with Gasteiger partial charge in [-0.1, -0.05) is 43.6 Å². The molecule has 0 unspecified atom stereocenters. The maximum atomic E-state index is 11.9. The number of carbonyl (C=O) groups is 1. The molecule has 0 aliphatic rings. The molecule has 0 amide bonds. The Morgan fingerprint density at radius 3 is 2.45 bits per heavy atom. The lowest BCUT2D eigenvalue weighted by Gasteiger charge is -2.16. The topological polar surface area (TPSA) is 83.5 Å². The molecule has 5 nitrogen and oxygen atoms in total. The lowest BCUT2D eigenvalue weighted by Crippen LogP contribution is -2.35. The molecule has 0 heterocycles. The molecule has 1 rings (SSSR count). The SMILES string of the molecule is CC(C)CCS(=O)(=O)N[C@@H](C(=O)O)c1ccccc1Cl. The number of halogens is 1. The summed E-state index contributed by atoms with van der Waals surface area (Å²) >= 11 is 5.92. The second-order valence-corrected chi connectivity index (χ2v) is 7.19. The summed E-state index contributed by atoms with van der Waals surface area (Å²) in [7, 11) is -3.68. The number of carboxylic acid groups (broad SMARTS) is 1. The van der Waals surface area contributed by atoms with Gasteiger partial charge in [0.15, 0.2) is 0 Å². The zero-order valence-electron chi connectivity index (χ0n) is 11.3. The van der Waals surface area contributed by atoms with E-state index in [1.165, 1.54) is 12.1 Å². The Morgan fingerprint density at radius 1 is 1.35 bits per heavy atom. The van der Waals surface area contributed by atoms with Gasteiger partial charge >= 0.3 is 5.97 Å². The van der Waals surface area contributed by atoms with Crippen molar-refractivity contribution in [2.24, 2.45) is 5.92 Å².